The summed E-state index contributed by atoms with van der Waals surface area (Å²) < 4.78 is 0. The van der Waals surface area contributed by atoms with E-state index in [-0.39, 0.29) is 0 Å². The summed E-state index contributed by atoms with van der Waals surface area (Å²) >= 11 is 3.39. The Hall–Kier alpha value is -0.780. The normalized spacial score (nSPS) is 10.8. The summed E-state index contributed by atoms with van der Waals surface area (Å²) in [6, 6.07) is 0. The molecule has 15 heavy (non-hydrogen) atoms. The van der Waals surface area contributed by atoms with E-state index < -0.39 is 0 Å². The molecule has 80 valence electrons. The van der Waals surface area contributed by atoms with Crippen LogP contribution in [-0.2, 0) is 13.1 Å². The van der Waals surface area contributed by atoms with Crippen LogP contribution < -0.4 is 5.32 Å². The highest BCUT2D eigenvalue weighted by Gasteiger charge is 2.01. The van der Waals surface area contributed by atoms with Gasteiger partial charge in [-0.1, -0.05) is 0 Å². The molecule has 0 atom stereocenters. The van der Waals surface area contributed by atoms with E-state index in [4.69, 9.17) is 0 Å². The first-order chi connectivity index (χ1) is 7.25. The van der Waals surface area contributed by atoms with E-state index >= 15 is 0 Å². The fourth-order valence-corrected chi connectivity index (χ4v) is 2.65. The number of aromatic nitrogens is 2. The molecule has 0 aromatic carbocycles. The van der Waals surface area contributed by atoms with Crippen molar-refractivity contribution in [3.05, 3.63) is 32.2 Å². The van der Waals surface area contributed by atoms with E-state index in [1.165, 1.54) is 4.88 Å². The Kier molecular flexibility index (Phi) is 3.45. The van der Waals surface area contributed by atoms with E-state index in [1.807, 2.05) is 19.4 Å². The molecule has 5 heteroatoms. The predicted molar refractivity (Wildman–Crippen MR) is 64.2 cm³/mol. The maximum absolute atomic E-state index is 4.40. The second-order valence-corrected chi connectivity index (χ2v) is 5.32. The van der Waals surface area contributed by atoms with Crippen LogP contribution in [0.3, 0.4) is 0 Å². The Morgan fingerprint density at radius 2 is 2.13 bits per heavy atom. The van der Waals surface area contributed by atoms with Crippen molar-refractivity contribution in [3.63, 3.8) is 0 Å². The molecule has 0 radical (unpaired) electrons. The first-order valence-electron chi connectivity index (χ1n) is 4.76. The van der Waals surface area contributed by atoms with Crippen molar-refractivity contribution in [2.75, 3.05) is 0 Å². The molecule has 0 aliphatic carbocycles. The lowest BCUT2D eigenvalue weighted by Crippen LogP contribution is -2.12. The third-order valence-electron chi connectivity index (χ3n) is 2.10. The summed E-state index contributed by atoms with van der Waals surface area (Å²) in [6.45, 7) is 5.79. The second kappa shape index (κ2) is 4.83. The number of hydrogen-bond donors (Lipinski definition) is 1. The number of hydrogen-bond acceptors (Lipinski definition) is 5. The topological polar surface area (TPSA) is 37.8 Å². The molecule has 0 bridgehead atoms. The number of thiazole rings is 2. The summed E-state index contributed by atoms with van der Waals surface area (Å²) in [4.78, 5) is 9.91. The smallest absolute Gasteiger partial charge is 0.0897 e. The number of aryl methyl sites for hydroxylation is 2. The zero-order valence-corrected chi connectivity index (χ0v) is 10.4. The van der Waals surface area contributed by atoms with Gasteiger partial charge in [0.25, 0.3) is 0 Å². The van der Waals surface area contributed by atoms with E-state index in [2.05, 4.69) is 20.7 Å². The van der Waals surface area contributed by atoms with Crippen molar-refractivity contribution in [1.29, 1.82) is 0 Å². The highest BCUT2D eigenvalue weighted by molar-refractivity contribution is 7.09. The van der Waals surface area contributed by atoms with E-state index in [1.54, 1.807) is 22.7 Å². The molecule has 2 aromatic rings. The van der Waals surface area contributed by atoms with E-state index in [0.717, 1.165) is 29.5 Å². The maximum Gasteiger partial charge on any atom is 0.0897 e. The highest BCUT2D eigenvalue weighted by Crippen LogP contribution is 2.12. The molecule has 0 saturated carbocycles. The van der Waals surface area contributed by atoms with Crippen LogP contribution in [0.1, 0.15) is 21.3 Å². The molecule has 3 nitrogen and oxygen atoms in total. The molecular weight excluding hydrogens is 226 g/mol. The highest BCUT2D eigenvalue weighted by atomic mass is 32.1. The summed E-state index contributed by atoms with van der Waals surface area (Å²) in [5, 5.41) is 6.60. The van der Waals surface area contributed by atoms with Crippen LogP contribution in [0, 0.1) is 13.8 Å². The van der Waals surface area contributed by atoms with Gasteiger partial charge in [-0.3, -0.25) is 0 Å². The lowest BCUT2D eigenvalue weighted by molar-refractivity contribution is 0.685. The van der Waals surface area contributed by atoms with Crippen molar-refractivity contribution in [2.24, 2.45) is 0 Å². The van der Waals surface area contributed by atoms with Gasteiger partial charge in [-0.15, -0.1) is 22.7 Å². The lowest BCUT2D eigenvalue weighted by Gasteiger charge is -2.00. The van der Waals surface area contributed by atoms with Gasteiger partial charge in [0.1, 0.15) is 0 Å². The molecule has 0 unspecified atom stereocenters. The van der Waals surface area contributed by atoms with E-state index in [0.29, 0.717) is 0 Å². The van der Waals surface area contributed by atoms with Gasteiger partial charge in [-0.25, -0.2) is 9.97 Å². The van der Waals surface area contributed by atoms with Gasteiger partial charge in [-0.2, -0.15) is 0 Å². The van der Waals surface area contributed by atoms with Gasteiger partial charge in [0, 0.05) is 23.3 Å². The van der Waals surface area contributed by atoms with Gasteiger partial charge in [0.2, 0.25) is 0 Å². The maximum atomic E-state index is 4.40. The monoisotopic (exact) mass is 239 g/mol. The minimum Gasteiger partial charge on any atom is -0.306 e. The molecule has 0 saturated heterocycles. The van der Waals surface area contributed by atoms with E-state index in [9.17, 15) is 0 Å². The summed E-state index contributed by atoms with van der Waals surface area (Å²) in [5.41, 5.74) is 4.14. The largest absolute Gasteiger partial charge is 0.306 e. The zero-order valence-electron chi connectivity index (χ0n) is 8.78. The van der Waals surface area contributed by atoms with Crippen LogP contribution in [0.4, 0.5) is 0 Å². The van der Waals surface area contributed by atoms with Crippen molar-refractivity contribution < 1.29 is 0 Å². The van der Waals surface area contributed by atoms with Crippen LogP contribution in [0.25, 0.3) is 0 Å². The zero-order chi connectivity index (χ0) is 10.7. The Labute approximate surface area is 97.2 Å². The van der Waals surface area contributed by atoms with Crippen LogP contribution >= 0.6 is 22.7 Å². The number of nitrogens with zero attached hydrogens (tertiary/aromatic N) is 2. The molecule has 2 heterocycles. The van der Waals surface area contributed by atoms with Gasteiger partial charge in [-0.05, 0) is 13.8 Å². The van der Waals surface area contributed by atoms with Crippen LogP contribution in [0.5, 0.6) is 0 Å². The lowest BCUT2D eigenvalue weighted by atomic mass is 10.4. The standard InChI is InChI=1S/C10H13N3S2/c1-7-10(15-6-12-7)4-11-3-9-5-14-8(2)13-9/h5-6,11H,3-4H2,1-2H3. The molecule has 0 fully saturated rings. The minimum atomic E-state index is 0.835. The number of rotatable bonds is 4. The SMILES string of the molecule is Cc1nc(CNCc2scnc2C)cs1. The number of nitrogens with one attached hydrogen (secondary N) is 1. The van der Waals surface area contributed by atoms with Crippen LogP contribution in [-0.4, -0.2) is 9.97 Å². The third-order valence-corrected chi connectivity index (χ3v) is 3.86. The van der Waals surface area contributed by atoms with Gasteiger partial charge < -0.3 is 5.32 Å². The van der Waals surface area contributed by atoms with Crippen molar-refractivity contribution in [2.45, 2.75) is 26.9 Å². The van der Waals surface area contributed by atoms with Crippen LogP contribution in [0.15, 0.2) is 10.9 Å². The van der Waals surface area contributed by atoms with Crippen LogP contribution in [0.2, 0.25) is 0 Å². The Morgan fingerprint density at radius 3 is 2.73 bits per heavy atom. The fourth-order valence-electron chi connectivity index (χ4n) is 1.29. The van der Waals surface area contributed by atoms with Crippen molar-refractivity contribution in [3.8, 4) is 0 Å². The minimum absolute atomic E-state index is 0.835. The van der Waals surface area contributed by atoms with Gasteiger partial charge in [0.15, 0.2) is 0 Å². The van der Waals surface area contributed by atoms with Gasteiger partial charge in [0.05, 0.1) is 21.9 Å². The molecular formula is C10H13N3S2. The molecule has 2 aromatic heterocycles. The fraction of sp³-hybridized carbons (Fsp3) is 0.400. The Balaban J connectivity index is 1.83. The first kappa shape index (κ1) is 10.7. The molecule has 0 aliphatic heterocycles. The quantitative estimate of drug-likeness (QED) is 0.891. The summed E-state index contributed by atoms with van der Waals surface area (Å²) in [7, 11) is 0. The molecule has 1 N–H and O–H groups in total. The summed E-state index contributed by atoms with van der Waals surface area (Å²) in [6.07, 6.45) is 0. The Bertz CT molecular complexity index is 433. The first-order valence-corrected chi connectivity index (χ1v) is 6.52. The molecule has 0 spiro atoms. The average Bonchev–Trinajstić information content (AvgIpc) is 2.77. The van der Waals surface area contributed by atoms with Gasteiger partial charge >= 0.3 is 0 Å². The van der Waals surface area contributed by atoms with Crippen molar-refractivity contribution in [1.82, 2.24) is 15.3 Å². The second-order valence-electron chi connectivity index (χ2n) is 3.32. The summed E-state index contributed by atoms with van der Waals surface area (Å²) in [5.74, 6) is 0. The average molecular weight is 239 g/mol. The van der Waals surface area contributed by atoms with Crippen molar-refractivity contribution >= 4 is 22.7 Å². The Morgan fingerprint density at radius 1 is 1.27 bits per heavy atom. The molecule has 0 amide bonds. The molecule has 2 rings (SSSR count). The molecule has 0 aliphatic rings. The predicted octanol–water partition coefficient (Wildman–Crippen LogP) is 2.51. The third kappa shape index (κ3) is 2.84.